The Morgan fingerprint density at radius 3 is 2.39 bits per heavy atom. The first kappa shape index (κ1) is 17.1. The SMILES string of the molecule is CCCCCC1CCC(c2ccc(C3=[S+]CCCC3)cc2)CC1. The van der Waals surface area contributed by atoms with Crippen molar-refractivity contribution in [3.8, 4) is 0 Å². The first-order valence-electron chi connectivity index (χ1n) is 9.95. The van der Waals surface area contributed by atoms with Gasteiger partial charge in [0.1, 0.15) is 0 Å². The number of hydrogen-bond acceptors (Lipinski definition) is 0. The van der Waals surface area contributed by atoms with Crippen LogP contribution in [0.4, 0.5) is 0 Å². The molecule has 2 aliphatic rings. The van der Waals surface area contributed by atoms with E-state index in [2.05, 4.69) is 42.5 Å². The van der Waals surface area contributed by atoms with E-state index in [4.69, 9.17) is 0 Å². The van der Waals surface area contributed by atoms with E-state index < -0.39 is 0 Å². The first-order chi connectivity index (χ1) is 11.4. The van der Waals surface area contributed by atoms with Crippen LogP contribution < -0.4 is 0 Å². The predicted molar refractivity (Wildman–Crippen MR) is 105 cm³/mol. The van der Waals surface area contributed by atoms with E-state index in [0.717, 1.165) is 11.8 Å². The minimum Gasteiger partial charge on any atom is -0.0654 e. The molecule has 1 aromatic carbocycles. The molecule has 0 spiro atoms. The minimum absolute atomic E-state index is 0.829. The van der Waals surface area contributed by atoms with Gasteiger partial charge in [-0.25, -0.2) is 0 Å². The molecule has 0 N–H and O–H groups in total. The summed E-state index contributed by atoms with van der Waals surface area (Å²) in [6, 6.07) is 9.66. The van der Waals surface area contributed by atoms with Crippen LogP contribution in [0.2, 0.25) is 0 Å². The molecule has 0 aromatic heterocycles. The van der Waals surface area contributed by atoms with Gasteiger partial charge in [-0.1, -0.05) is 44.7 Å². The minimum atomic E-state index is 0.829. The molecule has 0 nitrogen and oxygen atoms in total. The number of benzene rings is 1. The van der Waals surface area contributed by atoms with Crippen LogP contribution >= 0.6 is 0 Å². The van der Waals surface area contributed by atoms with Gasteiger partial charge in [-0.2, -0.15) is 0 Å². The van der Waals surface area contributed by atoms with Gasteiger partial charge in [0.15, 0.2) is 17.1 Å². The molecule has 1 aliphatic carbocycles. The lowest BCUT2D eigenvalue weighted by atomic mass is 9.77. The van der Waals surface area contributed by atoms with Gasteiger partial charge in [-0.15, -0.1) is 0 Å². The highest BCUT2D eigenvalue weighted by Gasteiger charge is 2.23. The molecular weight excluding hydrogens is 296 g/mol. The normalized spacial score (nSPS) is 25.2. The van der Waals surface area contributed by atoms with E-state index in [9.17, 15) is 0 Å². The molecule has 0 unspecified atom stereocenters. The van der Waals surface area contributed by atoms with E-state index in [1.165, 1.54) is 81.9 Å². The Morgan fingerprint density at radius 2 is 1.74 bits per heavy atom. The quantitative estimate of drug-likeness (QED) is 0.325. The van der Waals surface area contributed by atoms with Crippen molar-refractivity contribution in [3.05, 3.63) is 35.4 Å². The highest BCUT2D eigenvalue weighted by Crippen LogP contribution is 2.37. The molecule has 0 atom stereocenters. The van der Waals surface area contributed by atoms with Crippen molar-refractivity contribution < 1.29 is 0 Å². The molecule has 0 amide bonds. The van der Waals surface area contributed by atoms with Crippen LogP contribution in [0.25, 0.3) is 0 Å². The Bertz CT molecular complexity index is 491. The Kier molecular flexibility index (Phi) is 6.68. The second-order valence-corrected chi connectivity index (χ2v) is 8.75. The van der Waals surface area contributed by atoms with Gasteiger partial charge in [0.25, 0.3) is 0 Å². The fourth-order valence-corrected chi connectivity index (χ4v) is 5.48. The second kappa shape index (κ2) is 8.97. The van der Waals surface area contributed by atoms with Crippen molar-refractivity contribution in [3.63, 3.8) is 0 Å². The van der Waals surface area contributed by atoms with Gasteiger partial charge in [0, 0.05) is 18.4 Å². The molecule has 1 aliphatic heterocycles. The van der Waals surface area contributed by atoms with Crippen LogP contribution in [-0.2, 0) is 11.4 Å². The van der Waals surface area contributed by atoms with E-state index in [-0.39, 0.29) is 0 Å². The summed E-state index contributed by atoms with van der Waals surface area (Å²) < 4.78 is 0. The second-order valence-electron chi connectivity index (χ2n) is 7.56. The lowest BCUT2D eigenvalue weighted by Crippen LogP contribution is -2.14. The molecule has 3 rings (SSSR count). The summed E-state index contributed by atoms with van der Waals surface area (Å²) in [5.74, 6) is 3.17. The maximum Gasteiger partial charge on any atom is 0.208 e. The van der Waals surface area contributed by atoms with Gasteiger partial charge >= 0.3 is 0 Å². The lowest BCUT2D eigenvalue weighted by molar-refractivity contribution is 0.303. The summed E-state index contributed by atoms with van der Waals surface area (Å²) in [4.78, 5) is 1.63. The van der Waals surface area contributed by atoms with Crippen molar-refractivity contribution in [2.24, 2.45) is 5.92 Å². The van der Waals surface area contributed by atoms with Gasteiger partial charge < -0.3 is 0 Å². The fourth-order valence-electron chi connectivity index (χ4n) is 4.29. The van der Waals surface area contributed by atoms with Crippen molar-refractivity contribution in [1.82, 2.24) is 0 Å². The number of rotatable bonds is 6. The third-order valence-electron chi connectivity index (χ3n) is 5.84. The summed E-state index contributed by atoms with van der Waals surface area (Å²) >= 11 is 2.08. The molecular formula is C22H33S+. The molecule has 0 saturated heterocycles. The van der Waals surface area contributed by atoms with Crippen LogP contribution in [-0.4, -0.2) is 10.6 Å². The van der Waals surface area contributed by atoms with Crippen molar-refractivity contribution >= 4 is 16.2 Å². The molecule has 0 radical (unpaired) electrons. The summed E-state index contributed by atoms with van der Waals surface area (Å²) in [7, 11) is 0. The monoisotopic (exact) mass is 329 g/mol. The van der Waals surface area contributed by atoms with Gasteiger partial charge in [0.05, 0.1) is 0 Å². The molecule has 126 valence electrons. The standard InChI is InChI=1S/C22H33S/c1-2-3-4-7-18-9-11-19(12-10-18)20-13-15-21(16-14-20)22-8-5-6-17-23-22/h13-16,18-19H,2-12,17H2,1H3/q+1. The zero-order chi connectivity index (χ0) is 15.9. The lowest BCUT2D eigenvalue weighted by Gasteiger charge is -2.29. The average Bonchev–Trinajstić information content (AvgIpc) is 2.63. The van der Waals surface area contributed by atoms with Crippen molar-refractivity contribution in [1.29, 1.82) is 0 Å². The Labute approximate surface area is 147 Å². The topological polar surface area (TPSA) is 0 Å². The van der Waals surface area contributed by atoms with Crippen LogP contribution in [0.5, 0.6) is 0 Å². The maximum absolute atomic E-state index is 2.43. The van der Waals surface area contributed by atoms with E-state index >= 15 is 0 Å². The van der Waals surface area contributed by atoms with Gasteiger partial charge in [-0.05, 0) is 61.6 Å². The molecule has 1 heteroatoms. The highest BCUT2D eigenvalue weighted by molar-refractivity contribution is 7.79. The summed E-state index contributed by atoms with van der Waals surface area (Å²) in [5, 5.41) is 0. The average molecular weight is 330 g/mol. The zero-order valence-corrected chi connectivity index (χ0v) is 15.7. The third-order valence-corrected chi connectivity index (χ3v) is 7.12. The molecule has 1 fully saturated rings. The highest BCUT2D eigenvalue weighted by atomic mass is 32.1. The molecule has 1 saturated carbocycles. The van der Waals surface area contributed by atoms with Gasteiger partial charge in [-0.3, -0.25) is 0 Å². The fraction of sp³-hybridized carbons (Fsp3) is 0.682. The summed E-state index contributed by atoms with van der Waals surface area (Å²) in [5.41, 5.74) is 3.09. The first-order valence-corrected chi connectivity index (χ1v) is 10.9. The van der Waals surface area contributed by atoms with Crippen LogP contribution in [0, 0.1) is 5.92 Å². The molecule has 23 heavy (non-hydrogen) atoms. The number of unbranched alkanes of at least 4 members (excludes halogenated alkanes) is 2. The molecule has 0 bridgehead atoms. The molecule has 1 heterocycles. The van der Waals surface area contributed by atoms with Gasteiger partial charge in [0.2, 0.25) is 4.86 Å². The maximum atomic E-state index is 2.43. The third kappa shape index (κ3) is 4.89. The van der Waals surface area contributed by atoms with Crippen molar-refractivity contribution in [2.45, 2.75) is 83.5 Å². The largest absolute Gasteiger partial charge is 0.208 e. The Hall–Kier alpha value is -0.690. The summed E-state index contributed by atoms with van der Waals surface area (Å²) in [6.07, 6.45) is 15.6. The van der Waals surface area contributed by atoms with E-state index in [0.29, 0.717) is 0 Å². The molecule has 1 aromatic rings. The predicted octanol–water partition coefficient (Wildman–Crippen LogP) is 6.33. The van der Waals surface area contributed by atoms with Crippen LogP contribution in [0.1, 0.15) is 94.6 Å². The van der Waals surface area contributed by atoms with Crippen LogP contribution in [0.15, 0.2) is 24.3 Å². The number of hydrogen-bond donors (Lipinski definition) is 0. The zero-order valence-electron chi connectivity index (χ0n) is 14.9. The smallest absolute Gasteiger partial charge is 0.0654 e. The summed E-state index contributed by atoms with van der Waals surface area (Å²) in [6.45, 7) is 2.31. The van der Waals surface area contributed by atoms with E-state index in [1.807, 2.05) is 0 Å². The van der Waals surface area contributed by atoms with Crippen molar-refractivity contribution in [2.75, 3.05) is 5.75 Å². The Balaban J connectivity index is 1.51. The van der Waals surface area contributed by atoms with E-state index in [1.54, 1.807) is 10.4 Å². The Morgan fingerprint density at radius 1 is 0.957 bits per heavy atom. The van der Waals surface area contributed by atoms with Crippen LogP contribution in [0.3, 0.4) is 0 Å².